The summed E-state index contributed by atoms with van der Waals surface area (Å²) in [6.07, 6.45) is 4.90. The van der Waals surface area contributed by atoms with Gasteiger partial charge in [-0.1, -0.05) is 11.6 Å². The molecular formula is C10H5ClN4. The molecule has 0 aromatic carbocycles. The summed E-state index contributed by atoms with van der Waals surface area (Å²) in [5.74, 6) is 0. The highest BCUT2D eigenvalue weighted by Crippen LogP contribution is 2.23. The Bertz CT molecular complexity index is 653. The summed E-state index contributed by atoms with van der Waals surface area (Å²) in [4.78, 5) is 16.7. The number of halogens is 1. The van der Waals surface area contributed by atoms with E-state index in [1.54, 1.807) is 18.6 Å². The van der Waals surface area contributed by atoms with Crippen LogP contribution in [0.1, 0.15) is 0 Å². The molecule has 0 N–H and O–H groups in total. The van der Waals surface area contributed by atoms with E-state index in [0.29, 0.717) is 16.3 Å². The third kappa shape index (κ3) is 1.22. The Kier molecular flexibility index (Phi) is 1.76. The van der Waals surface area contributed by atoms with Crippen LogP contribution in [0.3, 0.4) is 0 Å². The summed E-state index contributed by atoms with van der Waals surface area (Å²) in [6.45, 7) is 0. The van der Waals surface area contributed by atoms with Crippen molar-refractivity contribution in [2.45, 2.75) is 0 Å². The van der Waals surface area contributed by atoms with E-state index in [9.17, 15) is 0 Å². The lowest BCUT2D eigenvalue weighted by Crippen LogP contribution is -1.90. The quantitative estimate of drug-likeness (QED) is 0.427. The third-order valence-electron chi connectivity index (χ3n) is 2.14. The van der Waals surface area contributed by atoms with Gasteiger partial charge in [0, 0.05) is 24.0 Å². The van der Waals surface area contributed by atoms with Gasteiger partial charge in [0.1, 0.15) is 11.0 Å². The predicted molar refractivity (Wildman–Crippen MR) is 57.6 cm³/mol. The van der Waals surface area contributed by atoms with Gasteiger partial charge >= 0.3 is 0 Å². The molecule has 3 rings (SSSR count). The minimum atomic E-state index is 0.337. The predicted octanol–water partition coefficient (Wildman–Crippen LogP) is 2.23. The van der Waals surface area contributed by atoms with Gasteiger partial charge in [-0.2, -0.15) is 0 Å². The van der Waals surface area contributed by atoms with Gasteiger partial charge in [0.2, 0.25) is 0 Å². The van der Waals surface area contributed by atoms with Crippen LogP contribution in [0.4, 0.5) is 0 Å². The van der Waals surface area contributed by atoms with Crippen molar-refractivity contribution in [3.8, 4) is 0 Å². The lowest BCUT2D eigenvalue weighted by Gasteiger charge is -2.01. The van der Waals surface area contributed by atoms with Crippen LogP contribution in [0.25, 0.3) is 22.1 Å². The van der Waals surface area contributed by atoms with Crippen LogP contribution < -0.4 is 0 Å². The van der Waals surface area contributed by atoms with Crippen molar-refractivity contribution in [2.75, 3.05) is 0 Å². The summed E-state index contributed by atoms with van der Waals surface area (Å²) in [7, 11) is 0. The molecule has 3 heterocycles. The molecule has 5 heteroatoms. The van der Waals surface area contributed by atoms with Crippen molar-refractivity contribution in [1.29, 1.82) is 0 Å². The summed E-state index contributed by atoms with van der Waals surface area (Å²) in [6, 6.07) is 3.74. The molecule has 0 atom stereocenters. The molecule has 0 spiro atoms. The minimum absolute atomic E-state index is 0.337. The molecule has 0 bridgehead atoms. The first-order valence-electron chi connectivity index (χ1n) is 4.37. The van der Waals surface area contributed by atoms with E-state index in [0.717, 1.165) is 10.9 Å². The monoisotopic (exact) mass is 216 g/mol. The number of rotatable bonds is 0. The van der Waals surface area contributed by atoms with Crippen LogP contribution in [0.5, 0.6) is 0 Å². The first kappa shape index (κ1) is 8.49. The zero-order valence-electron chi connectivity index (χ0n) is 7.55. The van der Waals surface area contributed by atoms with E-state index in [4.69, 9.17) is 11.6 Å². The highest BCUT2D eigenvalue weighted by Gasteiger charge is 2.08. The zero-order chi connectivity index (χ0) is 10.3. The molecule has 0 unspecified atom stereocenters. The number of pyridine rings is 2. The Morgan fingerprint density at radius 1 is 0.933 bits per heavy atom. The topological polar surface area (TPSA) is 51.6 Å². The van der Waals surface area contributed by atoms with Crippen LogP contribution in [-0.4, -0.2) is 19.9 Å². The first-order valence-corrected chi connectivity index (χ1v) is 4.75. The Balaban J connectivity index is 2.64. The summed E-state index contributed by atoms with van der Waals surface area (Å²) in [5, 5.41) is 1.20. The van der Waals surface area contributed by atoms with Crippen LogP contribution >= 0.6 is 11.6 Å². The molecule has 0 saturated heterocycles. The average molecular weight is 217 g/mol. The zero-order valence-corrected chi connectivity index (χ0v) is 8.31. The second kappa shape index (κ2) is 3.10. The van der Waals surface area contributed by atoms with Crippen molar-refractivity contribution < 1.29 is 0 Å². The molecule has 0 saturated carbocycles. The van der Waals surface area contributed by atoms with E-state index in [-0.39, 0.29) is 0 Å². The van der Waals surface area contributed by atoms with Gasteiger partial charge in [0.25, 0.3) is 0 Å². The molecule has 0 aliphatic heterocycles. The van der Waals surface area contributed by atoms with Gasteiger partial charge in [0.15, 0.2) is 10.8 Å². The first-order chi connectivity index (χ1) is 7.36. The van der Waals surface area contributed by atoms with E-state index >= 15 is 0 Å². The van der Waals surface area contributed by atoms with Gasteiger partial charge in [-0.25, -0.2) is 15.0 Å². The number of fused-ring (bicyclic) bond motifs is 3. The molecule has 72 valence electrons. The molecule has 0 radical (unpaired) electrons. The summed E-state index contributed by atoms with van der Waals surface area (Å²) >= 11 is 5.98. The molecule has 0 aliphatic carbocycles. The van der Waals surface area contributed by atoms with Crippen molar-refractivity contribution in [2.24, 2.45) is 0 Å². The lowest BCUT2D eigenvalue weighted by atomic mass is 10.2. The second-order valence-corrected chi connectivity index (χ2v) is 3.39. The Hall–Kier alpha value is -1.81. The second-order valence-electron chi connectivity index (χ2n) is 3.03. The SMILES string of the molecule is Clc1nc2ncccc2c2nccnc12. The molecule has 3 aromatic rings. The third-order valence-corrected chi connectivity index (χ3v) is 2.40. The maximum atomic E-state index is 5.98. The van der Waals surface area contributed by atoms with Crippen molar-refractivity contribution >= 4 is 33.7 Å². The maximum absolute atomic E-state index is 5.98. The summed E-state index contributed by atoms with van der Waals surface area (Å²) < 4.78 is 0. The lowest BCUT2D eigenvalue weighted by molar-refractivity contribution is 1.25. The van der Waals surface area contributed by atoms with E-state index in [1.807, 2.05) is 12.1 Å². The fourth-order valence-electron chi connectivity index (χ4n) is 1.50. The fraction of sp³-hybridized carbons (Fsp3) is 0. The fourth-order valence-corrected chi connectivity index (χ4v) is 1.72. The highest BCUT2D eigenvalue weighted by atomic mass is 35.5. The largest absolute Gasteiger partial charge is 0.252 e. The van der Waals surface area contributed by atoms with Gasteiger partial charge in [-0.3, -0.25) is 4.98 Å². The standard InChI is InChI=1S/C10H5ClN4/c11-9-8-7(12-4-5-13-8)6-2-1-3-14-10(6)15-9/h1-5H. The Morgan fingerprint density at radius 2 is 1.73 bits per heavy atom. The molecule has 0 fully saturated rings. The van der Waals surface area contributed by atoms with Crippen LogP contribution in [0.2, 0.25) is 5.15 Å². The van der Waals surface area contributed by atoms with Crippen LogP contribution in [0.15, 0.2) is 30.7 Å². The van der Waals surface area contributed by atoms with E-state index in [1.165, 1.54) is 0 Å². The molecule has 3 aromatic heterocycles. The van der Waals surface area contributed by atoms with Crippen molar-refractivity contribution in [3.05, 3.63) is 35.9 Å². The number of hydrogen-bond acceptors (Lipinski definition) is 4. The minimum Gasteiger partial charge on any atom is -0.252 e. The number of hydrogen-bond donors (Lipinski definition) is 0. The highest BCUT2D eigenvalue weighted by molar-refractivity contribution is 6.34. The van der Waals surface area contributed by atoms with Crippen molar-refractivity contribution in [3.63, 3.8) is 0 Å². The molecule has 0 aliphatic rings. The van der Waals surface area contributed by atoms with Crippen LogP contribution in [0, 0.1) is 0 Å². The molecule has 0 amide bonds. The van der Waals surface area contributed by atoms with Crippen molar-refractivity contribution in [1.82, 2.24) is 19.9 Å². The Morgan fingerprint density at radius 3 is 2.60 bits per heavy atom. The summed E-state index contributed by atoms with van der Waals surface area (Å²) in [5.41, 5.74) is 1.94. The molecule has 4 nitrogen and oxygen atoms in total. The smallest absolute Gasteiger partial charge is 0.163 e. The molecule has 15 heavy (non-hydrogen) atoms. The van der Waals surface area contributed by atoms with E-state index in [2.05, 4.69) is 19.9 Å². The van der Waals surface area contributed by atoms with Gasteiger partial charge < -0.3 is 0 Å². The Labute approximate surface area is 90.0 Å². The van der Waals surface area contributed by atoms with Gasteiger partial charge in [-0.15, -0.1) is 0 Å². The van der Waals surface area contributed by atoms with Gasteiger partial charge in [0.05, 0.1) is 0 Å². The number of nitrogens with zero attached hydrogens (tertiary/aromatic N) is 4. The van der Waals surface area contributed by atoms with Crippen LogP contribution in [-0.2, 0) is 0 Å². The number of aromatic nitrogens is 4. The average Bonchev–Trinajstić information content (AvgIpc) is 2.30. The molecular weight excluding hydrogens is 212 g/mol. The normalized spacial score (nSPS) is 11.0. The maximum Gasteiger partial charge on any atom is 0.163 e. The van der Waals surface area contributed by atoms with Gasteiger partial charge in [-0.05, 0) is 12.1 Å². The van der Waals surface area contributed by atoms with E-state index < -0.39 is 0 Å².